The first-order valence-corrected chi connectivity index (χ1v) is 7.26. The summed E-state index contributed by atoms with van der Waals surface area (Å²) in [7, 11) is 1.87. The molecule has 0 amide bonds. The summed E-state index contributed by atoms with van der Waals surface area (Å²) in [5, 5.41) is 0. The van der Waals surface area contributed by atoms with Gasteiger partial charge in [-0.05, 0) is 50.9 Å². The third-order valence-electron chi connectivity index (χ3n) is 4.05. The van der Waals surface area contributed by atoms with Gasteiger partial charge in [-0.2, -0.15) is 0 Å². The lowest BCUT2D eigenvalue weighted by Crippen LogP contribution is -2.40. The van der Waals surface area contributed by atoms with E-state index in [1.807, 2.05) is 11.9 Å². The van der Waals surface area contributed by atoms with Gasteiger partial charge in [0, 0.05) is 18.7 Å². The quantitative estimate of drug-likeness (QED) is 0.783. The number of hydrogen-bond donors (Lipinski definition) is 0. The van der Waals surface area contributed by atoms with E-state index >= 15 is 0 Å². The second-order valence-corrected chi connectivity index (χ2v) is 5.69. The SMILES string of the molecule is CC(C(=O)c1ccc(F)c(F)c1)N(C)CC1CCCOC1. The Hall–Kier alpha value is -1.33. The molecule has 0 saturated carbocycles. The fraction of sp³-hybridized carbons (Fsp3) is 0.562. The molecule has 5 heteroatoms. The number of nitrogens with zero attached hydrogens (tertiary/aromatic N) is 1. The molecule has 0 radical (unpaired) electrons. The largest absolute Gasteiger partial charge is 0.381 e. The molecule has 2 rings (SSSR count). The van der Waals surface area contributed by atoms with Crippen molar-refractivity contribution in [3.05, 3.63) is 35.4 Å². The van der Waals surface area contributed by atoms with Crippen LogP contribution in [0.3, 0.4) is 0 Å². The molecule has 1 aliphatic rings. The minimum Gasteiger partial charge on any atom is -0.381 e. The van der Waals surface area contributed by atoms with Crippen molar-refractivity contribution < 1.29 is 18.3 Å². The zero-order valence-electron chi connectivity index (χ0n) is 12.4. The molecule has 1 saturated heterocycles. The summed E-state index contributed by atoms with van der Waals surface area (Å²) in [6.07, 6.45) is 2.14. The Morgan fingerprint density at radius 1 is 1.43 bits per heavy atom. The van der Waals surface area contributed by atoms with Crippen LogP contribution in [0.2, 0.25) is 0 Å². The highest BCUT2D eigenvalue weighted by Crippen LogP contribution is 2.17. The number of ether oxygens (including phenoxy) is 1. The highest BCUT2D eigenvalue weighted by atomic mass is 19.2. The van der Waals surface area contributed by atoms with Gasteiger partial charge in [0.25, 0.3) is 0 Å². The first-order valence-electron chi connectivity index (χ1n) is 7.26. The maximum Gasteiger partial charge on any atom is 0.179 e. The van der Waals surface area contributed by atoms with Crippen LogP contribution in [0.25, 0.3) is 0 Å². The van der Waals surface area contributed by atoms with Gasteiger partial charge >= 0.3 is 0 Å². The van der Waals surface area contributed by atoms with Gasteiger partial charge in [-0.25, -0.2) is 8.78 Å². The first kappa shape index (κ1) is 16.0. The maximum atomic E-state index is 13.2. The van der Waals surface area contributed by atoms with Crippen LogP contribution >= 0.6 is 0 Å². The van der Waals surface area contributed by atoms with E-state index in [4.69, 9.17) is 4.74 Å². The number of benzene rings is 1. The number of hydrogen-bond acceptors (Lipinski definition) is 3. The van der Waals surface area contributed by atoms with Crippen LogP contribution in [0.1, 0.15) is 30.1 Å². The minimum absolute atomic E-state index is 0.201. The number of ketones is 1. The van der Waals surface area contributed by atoms with Crippen molar-refractivity contribution in [3.8, 4) is 0 Å². The summed E-state index contributed by atoms with van der Waals surface area (Å²) in [6, 6.07) is 2.90. The van der Waals surface area contributed by atoms with Crippen molar-refractivity contribution in [3.63, 3.8) is 0 Å². The van der Waals surface area contributed by atoms with Crippen LogP contribution < -0.4 is 0 Å². The van der Waals surface area contributed by atoms with Crippen LogP contribution in [0.15, 0.2) is 18.2 Å². The standard InChI is InChI=1S/C16H21F2NO2/c1-11(19(2)9-12-4-3-7-21-10-12)16(20)13-5-6-14(17)15(18)8-13/h5-6,8,11-12H,3-4,7,9-10H2,1-2H3. The number of carbonyl (C=O) groups is 1. The molecule has 0 spiro atoms. The van der Waals surface area contributed by atoms with Crippen LogP contribution in [0, 0.1) is 17.6 Å². The summed E-state index contributed by atoms with van der Waals surface area (Å²) < 4.78 is 31.6. The molecular weight excluding hydrogens is 276 g/mol. The van der Waals surface area contributed by atoms with Crippen molar-refractivity contribution in [1.29, 1.82) is 0 Å². The molecule has 1 fully saturated rings. The predicted octanol–water partition coefficient (Wildman–Crippen LogP) is 2.89. The Labute approximate surface area is 123 Å². The number of rotatable bonds is 5. The zero-order valence-corrected chi connectivity index (χ0v) is 12.4. The minimum atomic E-state index is -0.989. The van der Waals surface area contributed by atoms with E-state index in [1.54, 1.807) is 6.92 Å². The Morgan fingerprint density at radius 3 is 2.81 bits per heavy atom. The van der Waals surface area contributed by atoms with E-state index in [0.717, 1.165) is 44.7 Å². The van der Waals surface area contributed by atoms with Crippen molar-refractivity contribution in [2.24, 2.45) is 5.92 Å². The van der Waals surface area contributed by atoms with Gasteiger partial charge in [0.05, 0.1) is 12.6 Å². The van der Waals surface area contributed by atoms with E-state index in [1.165, 1.54) is 6.07 Å². The van der Waals surface area contributed by atoms with Crippen molar-refractivity contribution in [2.45, 2.75) is 25.8 Å². The van der Waals surface area contributed by atoms with Gasteiger partial charge in [0.1, 0.15) is 0 Å². The third kappa shape index (κ3) is 4.08. The molecule has 0 aromatic heterocycles. The molecular formula is C16H21F2NO2. The van der Waals surface area contributed by atoms with Crippen LogP contribution in [-0.2, 0) is 4.74 Å². The van der Waals surface area contributed by atoms with Gasteiger partial charge in [0.2, 0.25) is 0 Å². The Kier molecular flexibility index (Phi) is 5.42. The topological polar surface area (TPSA) is 29.5 Å². The molecule has 1 aromatic rings. The van der Waals surface area contributed by atoms with Gasteiger partial charge < -0.3 is 4.74 Å². The lowest BCUT2D eigenvalue weighted by Gasteiger charge is -2.30. The molecule has 2 unspecified atom stereocenters. The molecule has 0 bridgehead atoms. The second-order valence-electron chi connectivity index (χ2n) is 5.69. The fourth-order valence-corrected chi connectivity index (χ4v) is 2.61. The van der Waals surface area contributed by atoms with Gasteiger partial charge in [0.15, 0.2) is 17.4 Å². The lowest BCUT2D eigenvalue weighted by atomic mass is 9.99. The van der Waals surface area contributed by atoms with Crippen molar-refractivity contribution in [1.82, 2.24) is 4.90 Å². The summed E-state index contributed by atoms with van der Waals surface area (Å²) in [6.45, 7) is 4.07. The van der Waals surface area contributed by atoms with Crippen LogP contribution in [0.5, 0.6) is 0 Å². The molecule has 2 atom stereocenters. The number of halogens is 2. The normalized spacial score (nSPS) is 20.5. The Balaban J connectivity index is 1.98. The monoisotopic (exact) mass is 297 g/mol. The van der Waals surface area contributed by atoms with Gasteiger partial charge in [-0.15, -0.1) is 0 Å². The summed E-state index contributed by atoms with van der Waals surface area (Å²) in [5.41, 5.74) is 0.202. The Bertz CT molecular complexity index is 501. The third-order valence-corrected chi connectivity index (χ3v) is 4.05. The molecule has 0 aliphatic carbocycles. The molecule has 3 nitrogen and oxygen atoms in total. The molecule has 1 heterocycles. The van der Waals surface area contributed by atoms with Gasteiger partial charge in [-0.1, -0.05) is 0 Å². The average Bonchev–Trinajstić information content (AvgIpc) is 2.49. The molecule has 1 aliphatic heterocycles. The number of Topliss-reactive ketones (excluding diaryl/α,β-unsaturated/α-hetero) is 1. The van der Waals surface area contributed by atoms with Crippen molar-refractivity contribution in [2.75, 3.05) is 26.8 Å². The average molecular weight is 297 g/mol. The lowest BCUT2D eigenvalue weighted by molar-refractivity contribution is 0.0364. The molecule has 1 aromatic carbocycles. The van der Waals surface area contributed by atoms with Crippen LogP contribution in [-0.4, -0.2) is 43.5 Å². The van der Waals surface area contributed by atoms with Gasteiger partial charge in [-0.3, -0.25) is 9.69 Å². The highest BCUT2D eigenvalue weighted by molar-refractivity contribution is 5.99. The second kappa shape index (κ2) is 7.09. The molecule has 21 heavy (non-hydrogen) atoms. The van der Waals surface area contributed by atoms with Crippen LogP contribution in [0.4, 0.5) is 8.78 Å². The number of carbonyl (C=O) groups excluding carboxylic acids is 1. The summed E-state index contributed by atoms with van der Waals surface area (Å²) in [4.78, 5) is 14.3. The van der Waals surface area contributed by atoms with E-state index in [9.17, 15) is 13.6 Å². The van der Waals surface area contributed by atoms with E-state index in [-0.39, 0.29) is 17.4 Å². The summed E-state index contributed by atoms with van der Waals surface area (Å²) >= 11 is 0. The molecule has 0 N–H and O–H groups in total. The summed E-state index contributed by atoms with van der Waals surface area (Å²) in [5.74, 6) is -1.71. The Morgan fingerprint density at radius 2 is 2.19 bits per heavy atom. The highest BCUT2D eigenvalue weighted by Gasteiger charge is 2.24. The fourth-order valence-electron chi connectivity index (χ4n) is 2.61. The maximum absolute atomic E-state index is 13.2. The number of likely N-dealkylation sites (N-methyl/N-ethyl adjacent to an activating group) is 1. The van der Waals surface area contributed by atoms with Crippen molar-refractivity contribution >= 4 is 5.78 Å². The first-order chi connectivity index (χ1) is 9.99. The van der Waals surface area contributed by atoms with E-state index in [2.05, 4.69) is 0 Å². The zero-order chi connectivity index (χ0) is 15.4. The predicted molar refractivity (Wildman–Crippen MR) is 76.3 cm³/mol. The van der Waals surface area contributed by atoms with E-state index < -0.39 is 11.6 Å². The molecule has 116 valence electrons. The van der Waals surface area contributed by atoms with E-state index in [0.29, 0.717) is 5.92 Å². The smallest absolute Gasteiger partial charge is 0.179 e.